The Hall–Kier alpha value is -1.91. The van der Waals surface area contributed by atoms with Crippen LogP contribution in [0.25, 0.3) is 0 Å². The molecule has 0 spiro atoms. The van der Waals surface area contributed by atoms with Gasteiger partial charge in [-0.1, -0.05) is 29.3 Å². The van der Waals surface area contributed by atoms with Crippen LogP contribution in [-0.4, -0.2) is 32.1 Å². The molecular weight excluding hydrogens is 349 g/mol. The molecule has 1 amide bonds. The van der Waals surface area contributed by atoms with Crippen molar-refractivity contribution in [2.45, 2.75) is 13.0 Å². The van der Waals surface area contributed by atoms with E-state index in [2.05, 4.69) is 0 Å². The highest BCUT2D eigenvalue weighted by molar-refractivity contribution is 6.42. The molecular formula is C18H19Cl2NO3. The molecule has 0 radical (unpaired) electrons. The molecule has 0 aromatic heterocycles. The zero-order valence-electron chi connectivity index (χ0n) is 13.8. The van der Waals surface area contributed by atoms with Gasteiger partial charge in [0.1, 0.15) is 11.5 Å². The van der Waals surface area contributed by atoms with Crippen LogP contribution in [0.4, 0.5) is 0 Å². The van der Waals surface area contributed by atoms with E-state index in [0.29, 0.717) is 28.1 Å². The summed E-state index contributed by atoms with van der Waals surface area (Å²) in [6.07, 6.45) is 0.256. The van der Waals surface area contributed by atoms with E-state index >= 15 is 0 Å². The maximum absolute atomic E-state index is 12.4. The number of nitrogens with zero attached hydrogens (tertiary/aromatic N) is 1. The van der Waals surface area contributed by atoms with Gasteiger partial charge in [0.05, 0.1) is 30.7 Å². The fraction of sp³-hybridized carbons (Fsp3) is 0.278. The minimum absolute atomic E-state index is 0.0220. The van der Waals surface area contributed by atoms with Crippen molar-refractivity contribution in [3.8, 4) is 11.5 Å². The van der Waals surface area contributed by atoms with Crippen molar-refractivity contribution >= 4 is 29.1 Å². The van der Waals surface area contributed by atoms with Crippen molar-refractivity contribution in [1.29, 1.82) is 0 Å². The number of carbonyl (C=O) groups is 1. The second-order valence-corrected chi connectivity index (χ2v) is 6.17. The Labute approximate surface area is 151 Å². The monoisotopic (exact) mass is 367 g/mol. The van der Waals surface area contributed by atoms with Crippen molar-refractivity contribution in [2.75, 3.05) is 21.3 Å². The number of benzene rings is 2. The average Bonchev–Trinajstić information content (AvgIpc) is 2.58. The lowest BCUT2D eigenvalue weighted by atomic mass is 10.1. The summed E-state index contributed by atoms with van der Waals surface area (Å²) in [7, 11) is 4.95. The number of hydrogen-bond donors (Lipinski definition) is 0. The number of amides is 1. The van der Waals surface area contributed by atoms with Gasteiger partial charge in [0.15, 0.2) is 0 Å². The van der Waals surface area contributed by atoms with E-state index < -0.39 is 0 Å². The number of hydrogen-bond acceptors (Lipinski definition) is 3. The molecule has 0 atom stereocenters. The third-order valence-electron chi connectivity index (χ3n) is 3.67. The van der Waals surface area contributed by atoms with Crippen LogP contribution in [0.15, 0.2) is 36.4 Å². The number of likely N-dealkylation sites (N-methyl/N-ethyl adjacent to an activating group) is 1. The van der Waals surface area contributed by atoms with Gasteiger partial charge >= 0.3 is 0 Å². The Kier molecular flexibility index (Phi) is 6.35. The fourth-order valence-electron chi connectivity index (χ4n) is 2.29. The van der Waals surface area contributed by atoms with E-state index in [1.807, 2.05) is 12.1 Å². The number of halogens is 2. The molecule has 0 N–H and O–H groups in total. The Bertz CT molecular complexity index is 734. The van der Waals surface area contributed by atoms with E-state index in [1.54, 1.807) is 50.4 Å². The quantitative estimate of drug-likeness (QED) is 0.767. The van der Waals surface area contributed by atoms with Crippen molar-refractivity contribution in [3.05, 3.63) is 57.6 Å². The molecule has 0 saturated heterocycles. The van der Waals surface area contributed by atoms with Crippen molar-refractivity contribution in [1.82, 2.24) is 4.90 Å². The number of carbonyl (C=O) groups excluding carboxylic acids is 1. The van der Waals surface area contributed by atoms with Crippen molar-refractivity contribution in [3.63, 3.8) is 0 Å². The van der Waals surface area contributed by atoms with Crippen molar-refractivity contribution < 1.29 is 14.3 Å². The smallest absolute Gasteiger partial charge is 0.227 e. The Morgan fingerprint density at radius 3 is 2.42 bits per heavy atom. The topological polar surface area (TPSA) is 38.8 Å². The first kappa shape index (κ1) is 18.4. The highest BCUT2D eigenvalue weighted by Gasteiger charge is 2.14. The van der Waals surface area contributed by atoms with Gasteiger partial charge in [0.25, 0.3) is 0 Å². The highest BCUT2D eigenvalue weighted by atomic mass is 35.5. The lowest BCUT2D eigenvalue weighted by Gasteiger charge is -2.19. The first-order valence-electron chi connectivity index (χ1n) is 7.33. The molecule has 0 aliphatic carbocycles. The molecule has 2 aromatic carbocycles. The molecule has 2 rings (SSSR count). The van der Waals surface area contributed by atoms with Crippen LogP contribution in [0.2, 0.25) is 10.0 Å². The Morgan fingerprint density at radius 1 is 1.04 bits per heavy atom. The van der Waals surface area contributed by atoms with E-state index in [9.17, 15) is 4.79 Å². The first-order valence-corrected chi connectivity index (χ1v) is 8.09. The van der Waals surface area contributed by atoms with Crippen LogP contribution in [0, 0.1) is 0 Å². The fourth-order valence-corrected chi connectivity index (χ4v) is 2.61. The molecule has 0 fully saturated rings. The number of rotatable bonds is 6. The second-order valence-electron chi connectivity index (χ2n) is 5.35. The molecule has 2 aromatic rings. The first-order chi connectivity index (χ1) is 11.4. The van der Waals surface area contributed by atoms with E-state index in [4.69, 9.17) is 32.7 Å². The summed E-state index contributed by atoms with van der Waals surface area (Å²) >= 11 is 11.9. The zero-order valence-corrected chi connectivity index (χ0v) is 15.3. The van der Waals surface area contributed by atoms with E-state index in [1.165, 1.54) is 0 Å². The summed E-state index contributed by atoms with van der Waals surface area (Å²) in [5.41, 5.74) is 1.73. The van der Waals surface area contributed by atoms with Crippen LogP contribution in [0.1, 0.15) is 11.1 Å². The average molecular weight is 368 g/mol. The normalized spacial score (nSPS) is 10.4. The van der Waals surface area contributed by atoms with Crippen molar-refractivity contribution in [2.24, 2.45) is 0 Å². The minimum Gasteiger partial charge on any atom is -0.497 e. The molecule has 0 aliphatic rings. The molecule has 0 saturated carbocycles. The van der Waals surface area contributed by atoms with Crippen LogP contribution in [0.3, 0.4) is 0 Å². The van der Waals surface area contributed by atoms with Crippen LogP contribution in [-0.2, 0) is 17.8 Å². The Balaban J connectivity index is 2.07. The summed E-state index contributed by atoms with van der Waals surface area (Å²) in [6, 6.07) is 10.7. The number of ether oxygens (including phenoxy) is 2. The molecule has 0 aliphatic heterocycles. The second kappa shape index (κ2) is 8.27. The Morgan fingerprint density at radius 2 is 1.79 bits per heavy atom. The SMILES string of the molecule is COc1ccc(CN(C)C(=O)Cc2ccc(Cl)c(Cl)c2)c(OC)c1. The van der Waals surface area contributed by atoms with Gasteiger partial charge in [-0.15, -0.1) is 0 Å². The lowest BCUT2D eigenvalue weighted by molar-refractivity contribution is -0.129. The highest BCUT2D eigenvalue weighted by Crippen LogP contribution is 2.26. The molecule has 128 valence electrons. The molecule has 6 heteroatoms. The minimum atomic E-state index is -0.0220. The largest absolute Gasteiger partial charge is 0.497 e. The van der Waals surface area contributed by atoms with Crippen LogP contribution in [0.5, 0.6) is 11.5 Å². The zero-order chi connectivity index (χ0) is 17.7. The lowest BCUT2D eigenvalue weighted by Crippen LogP contribution is -2.27. The van der Waals surface area contributed by atoms with Gasteiger partial charge in [0.2, 0.25) is 5.91 Å². The standard InChI is InChI=1S/C18H19Cl2NO3/c1-21(11-13-5-6-14(23-2)10-17(13)24-3)18(22)9-12-4-7-15(19)16(20)8-12/h4-8,10H,9,11H2,1-3H3. The summed E-state index contributed by atoms with van der Waals surface area (Å²) < 4.78 is 10.5. The van der Waals surface area contributed by atoms with E-state index in [0.717, 1.165) is 11.1 Å². The van der Waals surface area contributed by atoms with Gasteiger partial charge in [-0.3, -0.25) is 4.79 Å². The summed E-state index contributed by atoms with van der Waals surface area (Å²) in [4.78, 5) is 14.1. The van der Waals surface area contributed by atoms with Gasteiger partial charge in [-0.25, -0.2) is 0 Å². The van der Waals surface area contributed by atoms with Gasteiger partial charge in [-0.05, 0) is 29.8 Å². The molecule has 24 heavy (non-hydrogen) atoms. The third kappa shape index (κ3) is 4.56. The maximum atomic E-state index is 12.4. The van der Waals surface area contributed by atoms with Gasteiger partial charge in [-0.2, -0.15) is 0 Å². The van der Waals surface area contributed by atoms with Crippen LogP contribution < -0.4 is 9.47 Å². The van der Waals surface area contributed by atoms with E-state index in [-0.39, 0.29) is 12.3 Å². The molecule has 0 bridgehead atoms. The van der Waals surface area contributed by atoms with Gasteiger partial charge < -0.3 is 14.4 Å². The predicted octanol–water partition coefficient (Wildman–Crippen LogP) is 4.21. The van der Waals surface area contributed by atoms with Crippen LogP contribution >= 0.6 is 23.2 Å². The molecule has 0 unspecified atom stereocenters. The van der Waals surface area contributed by atoms with Gasteiger partial charge in [0, 0.05) is 25.2 Å². The summed E-state index contributed by atoms with van der Waals surface area (Å²) in [5, 5.41) is 0.922. The summed E-state index contributed by atoms with van der Waals surface area (Å²) in [5.74, 6) is 1.37. The summed E-state index contributed by atoms with van der Waals surface area (Å²) in [6.45, 7) is 0.438. The predicted molar refractivity (Wildman–Crippen MR) is 96.2 cm³/mol. The third-order valence-corrected chi connectivity index (χ3v) is 4.41. The molecule has 0 heterocycles. The number of methoxy groups -OCH3 is 2. The molecule has 4 nitrogen and oxygen atoms in total. The maximum Gasteiger partial charge on any atom is 0.227 e.